The Morgan fingerprint density at radius 2 is 1.48 bits per heavy atom. The van der Waals surface area contributed by atoms with E-state index in [1.54, 1.807) is 12.1 Å². The smallest absolute Gasteiger partial charge is 0.275 e. The van der Waals surface area contributed by atoms with Gasteiger partial charge in [-0.2, -0.15) is 5.10 Å². The summed E-state index contributed by atoms with van der Waals surface area (Å²) in [5.41, 5.74) is 1.50. The molecule has 132 valence electrons. The average Bonchev–Trinajstić information content (AvgIpc) is 2.71. The Labute approximate surface area is 154 Å². The summed E-state index contributed by atoms with van der Waals surface area (Å²) in [5.74, 6) is -0.724. The lowest BCUT2D eigenvalue weighted by Gasteiger charge is -2.11. The molecule has 0 fully saturated rings. The SMILES string of the molecule is O=C(Cn1nc(-c2ccccc2)c2ccccc2c1=O)c1ccc(F)cc1. The number of fused-ring (bicyclic) bond motifs is 1. The van der Waals surface area contributed by atoms with E-state index >= 15 is 0 Å². The summed E-state index contributed by atoms with van der Waals surface area (Å²) in [6, 6.07) is 22.0. The van der Waals surface area contributed by atoms with Crippen LogP contribution in [0.4, 0.5) is 4.39 Å². The summed E-state index contributed by atoms with van der Waals surface area (Å²) < 4.78 is 14.3. The quantitative estimate of drug-likeness (QED) is 0.517. The van der Waals surface area contributed by atoms with Gasteiger partial charge in [-0.3, -0.25) is 9.59 Å². The molecule has 1 heterocycles. The first-order chi connectivity index (χ1) is 13.1. The molecular formula is C22H15FN2O2. The number of Topliss-reactive ketones (excluding diaryl/α,β-unsaturated/α-hetero) is 1. The van der Waals surface area contributed by atoms with Gasteiger partial charge in [0.25, 0.3) is 5.56 Å². The van der Waals surface area contributed by atoms with Gasteiger partial charge < -0.3 is 0 Å². The zero-order valence-corrected chi connectivity index (χ0v) is 14.3. The van der Waals surface area contributed by atoms with E-state index in [0.29, 0.717) is 16.6 Å². The third-order valence-electron chi connectivity index (χ3n) is 4.37. The molecule has 5 heteroatoms. The molecule has 0 aliphatic rings. The predicted octanol–water partition coefficient (Wildman–Crippen LogP) is 4.09. The second kappa shape index (κ2) is 6.96. The second-order valence-electron chi connectivity index (χ2n) is 6.15. The number of ketones is 1. The molecule has 3 aromatic carbocycles. The molecule has 4 aromatic rings. The van der Waals surface area contributed by atoms with E-state index in [0.717, 1.165) is 10.9 Å². The summed E-state index contributed by atoms with van der Waals surface area (Å²) in [4.78, 5) is 25.4. The van der Waals surface area contributed by atoms with E-state index < -0.39 is 5.82 Å². The number of carbonyl (C=O) groups is 1. The number of hydrogen-bond donors (Lipinski definition) is 0. The highest BCUT2D eigenvalue weighted by molar-refractivity contribution is 5.97. The van der Waals surface area contributed by atoms with Gasteiger partial charge in [-0.25, -0.2) is 9.07 Å². The van der Waals surface area contributed by atoms with Crippen LogP contribution in [0, 0.1) is 5.82 Å². The van der Waals surface area contributed by atoms with Crippen LogP contribution in [0.5, 0.6) is 0 Å². The molecule has 27 heavy (non-hydrogen) atoms. The summed E-state index contributed by atoms with van der Waals surface area (Å²) in [5, 5.41) is 5.70. The number of halogens is 1. The van der Waals surface area contributed by atoms with Crippen LogP contribution in [0.1, 0.15) is 10.4 Å². The molecule has 0 radical (unpaired) electrons. The third-order valence-corrected chi connectivity index (χ3v) is 4.37. The zero-order valence-electron chi connectivity index (χ0n) is 14.3. The van der Waals surface area contributed by atoms with Gasteiger partial charge in [0.1, 0.15) is 12.4 Å². The number of carbonyl (C=O) groups excluding carboxylic acids is 1. The van der Waals surface area contributed by atoms with E-state index in [-0.39, 0.29) is 17.9 Å². The third kappa shape index (κ3) is 3.27. The fraction of sp³-hybridized carbons (Fsp3) is 0.0455. The van der Waals surface area contributed by atoms with Crippen LogP contribution in [-0.2, 0) is 6.54 Å². The molecule has 0 aliphatic heterocycles. The predicted molar refractivity (Wildman–Crippen MR) is 102 cm³/mol. The highest BCUT2D eigenvalue weighted by Crippen LogP contribution is 2.24. The van der Waals surface area contributed by atoms with Crippen molar-refractivity contribution < 1.29 is 9.18 Å². The molecule has 0 aliphatic carbocycles. The Kier molecular flexibility index (Phi) is 4.34. The van der Waals surface area contributed by atoms with Crippen molar-refractivity contribution >= 4 is 16.6 Å². The topological polar surface area (TPSA) is 52.0 Å². The Bertz CT molecular complexity index is 1180. The first-order valence-electron chi connectivity index (χ1n) is 8.47. The van der Waals surface area contributed by atoms with Gasteiger partial charge in [0.2, 0.25) is 0 Å². The van der Waals surface area contributed by atoms with Gasteiger partial charge in [0, 0.05) is 16.5 Å². The van der Waals surface area contributed by atoms with Crippen molar-refractivity contribution in [2.24, 2.45) is 0 Å². The van der Waals surface area contributed by atoms with Crippen molar-refractivity contribution in [1.29, 1.82) is 0 Å². The van der Waals surface area contributed by atoms with Crippen LogP contribution in [-0.4, -0.2) is 15.6 Å². The number of benzene rings is 3. The molecule has 0 N–H and O–H groups in total. The molecule has 0 amide bonds. The van der Waals surface area contributed by atoms with E-state index in [9.17, 15) is 14.0 Å². The molecular weight excluding hydrogens is 343 g/mol. The Balaban J connectivity index is 1.84. The molecule has 0 unspecified atom stereocenters. The lowest BCUT2D eigenvalue weighted by molar-refractivity contribution is 0.0966. The van der Waals surface area contributed by atoms with Gasteiger partial charge in [-0.05, 0) is 30.3 Å². The molecule has 1 aromatic heterocycles. The number of aromatic nitrogens is 2. The first-order valence-corrected chi connectivity index (χ1v) is 8.47. The minimum atomic E-state index is -0.418. The van der Waals surface area contributed by atoms with E-state index in [4.69, 9.17) is 0 Å². The van der Waals surface area contributed by atoms with Gasteiger partial charge in [0.05, 0.1) is 11.1 Å². The fourth-order valence-electron chi connectivity index (χ4n) is 3.01. The maximum Gasteiger partial charge on any atom is 0.275 e. The van der Waals surface area contributed by atoms with Crippen molar-refractivity contribution in [3.05, 3.63) is 101 Å². The number of hydrogen-bond acceptors (Lipinski definition) is 3. The molecule has 0 saturated heterocycles. The number of rotatable bonds is 4. The van der Waals surface area contributed by atoms with Crippen molar-refractivity contribution in [3.8, 4) is 11.3 Å². The lowest BCUT2D eigenvalue weighted by atomic mass is 10.1. The standard InChI is InChI=1S/C22H15FN2O2/c23-17-12-10-15(11-13-17)20(26)14-25-22(27)19-9-5-4-8-18(19)21(24-25)16-6-2-1-3-7-16/h1-13H,14H2. The van der Waals surface area contributed by atoms with Gasteiger partial charge in [0.15, 0.2) is 5.78 Å². The van der Waals surface area contributed by atoms with Crippen LogP contribution >= 0.6 is 0 Å². The van der Waals surface area contributed by atoms with Crippen LogP contribution in [0.15, 0.2) is 83.7 Å². The number of nitrogens with zero attached hydrogens (tertiary/aromatic N) is 2. The van der Waals surface area contributed by atoms with Crippen molar-refractivity contribution in [2.45, 2.75) is 6.54 Å². The maximum atomic E-state index is 13.1. The largest absolute Gasteiger partial charge is 0.292 e. The molecule has 0 bridgehead atoms. The Morgan fingerprint density at radius 1 is 0.852 bits per heavy atom. The zero-order chi connectivity index (χ0) is 18.8. The minimum Gasteiger partial charge on any atom is -0.292 e. The van der Waals surface area contributed by atoms with E-state index in [1.165, 1.54) is 28.9 Å². The average molecular weight is 358 g/mol. The van der Waals surface area contributed by atoms with Crippen LogP contribution in [0.3, 0.4) is 0 Å². The van der Waals surface area contributed by atoms with Gasteiger partial charge in [-0.15, -0.1) is 0 Å². The summed E-state index contributed by atoms with van der Waals surface area (Å²) in [6.45, 7) is -0.213. The maximum absolute atomic E-state index is 13.1. The molecule has 4 nitrogen and oxygen atoms in total. The molecule has 0 saturated carbocycles. The van der Waals surface area contributed by atoms with E-state index in [2.05, 4.69) is 5.10 Å². The minimum absolute atomic E-state index is 0.213. The summed E-state index contributed by atoms with van der Waals surface area (Å²) >= 11 is 0. The Morgan fingerprint density at radius 3 is 2.19 bits per heavy atom. The molecule has 0 atom stereocenters. The molecule has 4 rings (SSSR count). The van der Waals surface area contributed by atoms with Gasteiger partial charge in [-0.1, -0.05) is 48.5 Å². The first kappa shape index (κ1) is 16.8. The normalized spacial score (nSPS) is 10.9. The summed E-state index contributed by atoms with van der Waals surface area (Å²) in [6.07, 6.45) is 0. The highest BCUT2D eigenvalue weighted by Gasteiger charge is 2.15. The van der Waals surface area contributed by atoms with Crippen LogP contribution in [0.25, 0.3) is 22.0 Å². The summed E-state index contributed by atoms with van der Waals surface area (Å²) in [7, 11) is 0. The lowest BCUT2D eigenvalue weighted by Crippen LogP contribution is -2.27. The van der Waals surface area contributed by atoms with Crippen LogP contribution in [0.2, 0.25) is 0 Å². The van der Waals surface area contributed by atoms with E-state index in [1.807, 2.05) is 42.5 Å². The van der Waals surface area contributed by atoms with Gasteiger partial charge >= 0.3 is 0 Å². The second-order valence-corrected chi connectivity index (χ2v) is 6.15. The van der Waals surface area contributed by atoms with Crippen molar-refractivity contribution in [3.63, 3.8) is 0 Å². The Hall–Kier alpha value is -3.60. The van der Waals surface area contributed by atoms with Crippen LogP contribution < -0.4 is 5.56 Å². The van der Waals surface area contributed by atoms with Crippen molar-refractivity contribution in [2.75, 3.05) is 0 Å². The fourth-order valence-corrected chi connectivity index (χ4v) is 3.01. The highest BCUT2D eigenvalue weighted by atomic mass is 19.1. The monoisotopic (exact) mass is 358 g/mol. The molecule has 0 spiro atoms. The van der Waals surface area contributed by atoms with Crippen molar-refractivity contribution in [1.82, 2.24) is 9.78 Å².